The Balaban J connectivity index is 2.12. The van der Waals surface area contributed by atoms with Crippen molar-refractivity contribution in [1.29, 1.82) is 0 Å². The van der Waals surface area contributed by atoms with Gasteiger partial charge in [-0.2, -0.15) is 0 Å². The molecule has 110 valence electrons. The molecular formula is C14H12F2N2O3. The maximum absolute atomic E-state index is 13.7. The molecule has 0 saturated carbocycles. The predicted molar refractivity (Wildman–Crippen MR) is 71.4 cm³/mol. The van der Waals surface area contributed by atoms with Gasteiger partial charge in [-0.15, -0.1) is 0 Å². The number of carboxylic acid groups (broad SMARTS) is 1. The number of anilines is 1. The van der Waals surface area contributed by atoms with Gasteiger partial charge in [0, 0.05) is 18.8 Å². The van der Waals surface area contributed by atoms with Gasteiger partial charge >= 0.3 is 5.97 Å². The maximum atomic E-state index is 13.7. The second kappa shape index (κ2) is 6.17. The molecule has 1 aromatic heterocycles. The molecule has 0 saturated heterocycles. The first kappa shape index (κ1) is 14.7. The van der Waals surface area contributed by atoms with E-state index in [1.165, 1.54) is 19.4 Å². The van der Waals surface area contributed by atoms with Crippen LogP contribution in [0.2, 0.25) is 0 Å². The molecule has 0 amide bonds. The molecule has 0 spiro atoms. The molecule has 0 aliphatic heterocycles. The van der Waals surface area contributed by atoms with E-state index in [0.717, 1.165) is 11.6 Å². The van der Waals surface area contributed by atoms with Crippen molar-refractivity contribution in [2.75, 3.05) is 12.4 Å². The standard InChI is InChI=1S/C14H12F2N2O3/c1-21-11-5-2-8(7-18-11)6-17-10-4-3-9(14(19)20)12(15)13(10)16/h2-5,7,17H,6H2,1H3,(H,19,20). The highest BCUT2D eigenvalue weighted by atomic mass is 19.2. The number of halogens is 2. The lowest BCUT2D eigenvalue weighted by Crippen LogP contribution is -2.07. The van der Waals surface area contributed by atoms with Gasteiger partial charge in [0.15, 0.2) is 11.6 Å². The summed E-state index contributed by atoms with van der Waals surface area (Å²) < 4.78 is 32.1. The Morgan fingerprint density at radius 3 is 2.62 bits per heavy atom. The van der Waals surface area contributed by atoms with Crippen molar-refractivity contribution >= 4 is 11.7 Å². The van der Waals surface area contributed by atoms with E-state index in [-0.39, 0.29) is 12.2 Å². The van der Waals surface area contributed by atoms with E-state index in [1.807, 2.05) is 0 Å². The fourth-order valence-corrected chi connectivity index (χ4v) is 1.68. The number of benzene rings is 1. The zero-order valence-corrected chi connectivity index (χ0v) is 11.1. The highest BCUT2D eigenvalue weighted by molar-refractivity contribution is 5.88. The van der Waals surface area contributed by atoms with Crippen LogP contribution in [0.3, 0.4) is 0 Å². The third-order valence-electron chi connectivity index (χ3n) is 2.80. The molecule has 0 bridgehead atoms. The molecule has 7 heteroatoms. The Bertz CT molecular complexity index is 660. The van der Waals surface area contributed by atoms with Gasteiger partial charge in [0.1, 0.15) is 0 Å². The first-order valence-corrected chi connectivity index (χ1v) is 5.97. The maximum Gasteiger partial charge on any atom is 0.338 e. The quantitative estimate of drug-likeness (QED) is 0.887. The molecule has 1 aromatic carbocycles. The summed E-state index contributed by atoms with van der Waals surface area (Å²) in [6.07, 6.45) is 1.53. The number of nitrogens with one attached hydrogen (secondary N) is 1. The van der Waals surface area contributed by atoms with Crippen molar-refractivity contribution in [1.82, 2.24) is 4.98 Å². The predicted octanol–water partition coefficient (Wildman–Crippen LogP) is 2.68. The van der Waals surface area contributed by atoms with Crippen molar-refractivity contribution in [2.45, 2.75) is 6.54 Å². The average molecular weight is 294 g/mol. The molecule has 0 unspecified atom stereocenters. The van der Waals surface area contributed by atoms with Crippen LogP contribution in [0.1, 0.15) is 15.9 Å². The van der Waals surface area contributed by atoms with Crippen molar-refractivity contribution in [2.24, 2.45) is 0 Å². The van der Waals surface area contributed by atoms with E-state index in [0.29, 0.717) is 5.88 Å². The van der Waals surface area contributed by atoms with Crippen LogP contribution < -0.4 is 10.1 Å². The van der Waals surface area contributed by atoms with Crippen molar-refractivity contribution in [3.8, 4) is 5.88 Å². The lowest BCUT2D eigenvalue weighted by molar-refractivity contribution is 0.0690. The number of nitrogens with zero attached hydrogens (tertiary/aromatic N) is 1. The van der Waals surface area contributed by atoms with Gasteiger partial charge in [-0.1, -0.05) is 6.07 Å². The topological polar surface area (TPSA) is 71.5 Å². The van der Waals surface area contributed by atoms with Crippen LogP contribution in [-0.2, 0) is 6.54 Å². The summed E-state index contributed by atoms with van der Waals surface area (Å²) in [5, 5.41) is 11.4. The molecule has 2 aromatic rings. The summed E-state index contributed by atoms with van der Waals surface area (Å²) >= 11 is 0. The van der Waals surface area contributed by atoms with Crippen LogP contribution in [0.5, 0.6) is 5.88 Å². The fraction of sp³-hybridized carbons (Fsp3) is 0.143. The number of rotatable bonds is 5. The largest absolute Gasteiger partial charge is 0.481 e. The summed E-state index contributed by atoms with van der Waals surface area (Å²) in [5.74, 6) is -3.68. The lowest BCUT2D eigenvalue weighted by atomic mass is 10.1. The second-order valence-corrected chi connectivity index (χ2v) is 4.16. The Labute approximate surface area is 119 Å². The molecule has 0 atom stereocenters. The molecule has 2 N–H and O–H groups in total. The summed E-state index contributed by atoms with van der Waals surface area (Å²) in [4.78, 5) is 14.7. The molecule has 0 aliphatic rings. The number of aromatic nitrogens is 1. The molecular weight excluding hydrogens is 282 g/mol. The first-order valence-electron chi connectivity index (χ1n) is 5.97. The number of carbonyl (C=O) groups is 1. The van der Waals surface area contributed by atoms with Gasteiger partial charge in [0.2, 0.25) is 5.88 Å². The fourth-order valence-electron chi connectivity index (χ4n) is 1.68. The second-order valence-electron chi connectivity index (χ2n) is 4.16. The zero-order valence-electron chi connectivity index (χ0n) is 11.1. The van der Waals surface area contributed by atoms with E-state index in [2.05, 4.69) is 10.3 Å². The minimum absolute atomic E-state index is 0.117. The van der Waals surface area contributed by atoms with Gasteiger partial charge in [0.25, 0.3) is 0 Å². The van der Waals surface area contributed by atoms with Crippen LogP contribution in [0.4, 0.5) is 14.5 Å². The summed E-state index contributed by atoms with van der Waals surface area (Å²) in [7, 11) is 1.49. The van der Waals surface area contributed by atoms with Gasteiger partial charge in [-0.05, 0) is 17.7 Å². The van der Waals surface area contributed by atoms with Gasteiger partial charge in [-0.25, -0.2) is 18.6 Å². The van der Waals surface area contributed by atoms with Gasteiger partial charge < -0.3 is 15.2 Å². The van der Waals surface area contributed by atoms with E-state index in [4.69, 9.17) is 9.84 Å². The monoisotopic (exact) mass is 294 g/mol. The van der Waals surface area contributed by atoms with Crippen LogP contribution in [0.25, 0.3) is 0 Å². The Morgan fingerprint density at radius 2 is 2.05 bits per heavy atom. The van der Waals surface area contributed by atoms with E-state index < -0.39 is 23.2 Å². The normalized spacial score (nSPS) is 10.2. The number of methoxy groups -OCH3 is 1. The molecule has 0 aliphatic carbocycles. The number of hydrogen-bond donors (Lipinski definition) is 2. The number of pyridine rings is 1. The van der Waals surface area contributed by atoms with E-state index in [1.54, 1.807) is 12.1 Å². The van der Waals surface area contributed by atoms with Crippen molar-refractivity contribution in [3.63, 3.8) is 0 Å². The summed E-state index contributed by atoms with van der Waals surface area (Å²) in [5.41, 5.74) is -0.0876. The molecule has 0 radical (unpaired) electrons. The molecule has 2 rings (SSSR count). The number of carboxylic acids is 1. The highest BCUT2D eigenvalue weighted by Crippen LogP contribution is 2.21. The number of ether oxygens (including phenoxy) is 1. The number of hydrogen-bond acceptors (Lipinski definition) is 4. The Morgan fingerprint density at radius 1 is 1.29 bits per heavy atom. The van der Waals surface area contributed by atoms with Crippen molar-refractivity contribution < 1.29 is 23.4 Å². The van der Waals surface area contributed by atoms with Crippen LogP contribution >= 0.6 is 0 Å². The third kappa shape index (κ3) is 3.25. The van der Waals surface area contributed by atoms with E-state index in [9.17, 15) is 13.6 Å². The molecule has 1 heterocycles. The van der Waals surface area contributed by atoms with Crippen LogP contribution in [0.15, 0.2) is 30.5 Å². The smallest absolute Gasteiger partial charge is 0.338 e. The lowest BCUT2D eigenvalue weighted by Gasteiger charge is -2.09. The summed E-state index contributed by atoms with van der Waals surface area (Å²) in [6.45, 7) is 0.208. The minimum atomic E-state index is -1.52. The van der Waals surface area contributed by atoms with Crippen LogP contribution in [-0.4, -0.2) is 23.2 Å². The third-order valence-corrected chi connectivity index (χ3v) is 2.80. The first-order chi connectivity index (χ1) is 10.0. The van der Waals surface area contributed by atoms with Crippen LogP contribution in [0, 0.1) is 11.6 Å². The molecule has 21 heavy (non-hydrogen) atoms. The zero-order chi connectivity index (χ0) is 15.4. The molecule has 5 nitrogen and oxygen atoms in total. The minimum Gasteiger partial charge on any atom is -0.481 e. The Hall–Kier alpha value is -2.70. The van der Waals surface area contributed by atoms with Gasteiger partial charge in [-0.3, -0.25) is 0 Å². The number of aromatic carboxylic acids is 1. The SMILES string of the molecule is COc1ccc(CNc2ccc(C(=O)O)c(F)c2F)cn1. The van der Waals surface area contributed by atoms with Crippen molar-refractivity contribution in [3.05, 3.63) is 53.2 Å². The average Bonchev–Trinajstić information content (AvgIpc) is 2.49. The summed E-state index contributed by atoms with van der Waals surface area (Å²) in [6, 6.07) is 5.55. The highest BCUT2D eigenvalue weighted by Gasteiger charge is 2.17. The van der Waals surface area contributed by atoms with Gasteiger partial charge in [0.05, 0.1) is 18.4 Å². The van der Waals surface area contributed by atoms with E-state index >= 15 is 0 Å². The Kier molecular flexibility index (Phi) is 4.32. The molecule has 0 fully saturated rings.